The lowest BCUT2D eigenvalue weighted by Gasteiger charge is -2.33. The Hall–Kier alpha value is -1.35. The van der Waals surface area contributed by atoms with E-state index in [9.17, 15) is 4.79 Å². The third-order valence-electron chi connectivity index (χ3n) is 2.59. The zero-order chi connectivity index (χ0) is 9.97. The van der Waals surface area contributed by atoms with Crippen LogP contribution < -0.4 is 5.06 Å². The molecule has 0 N–H and O–H groups in total. The quantitative estimate of drug-likeness (QED) is 0.664. The zero-order valence-corrected chi connectivity index (χ0v) is 8.14. The van der Waals surface area contributed by atoms with E-state index in [1.165, 1.54) is 5.56 Å². The number of carbonyl (C=O) groups is 1. The molecular formula is C11H13NO2. The molecule has 0 radical (unpaired) electrons. The van der Waals surface area contributed by atoms with E-state index in [0.717, 1.165) is 24.8 Å². The maximum atomic E-state index is 10.8. The number of nitrogens with zero attached hydrogens (tertiary/aromatic N) is 1. The van der Waals surface area contributed by atoms with Gasteiger partial charge in [0.05, 0.1) is 12.8 Å². The van der Waals surface area contributed by atoms with Crippen LogP contribution in [-0.4, -0.2) is 19.4 Å². The van der Waals surface area contributed by atoms with Gasteiger partial charge < -0.3 is 4.79 Å². The van der Waals surface area contributed by atoms with Crippen molar-refractivity contribution in [2.24, 2.45) is 0 Å². The van der Waals surface area contributed by atoms with Gasteiger partial charge in [0, 0.05) is 0 Å². The highest BCUT2D eigenvalue weighted by molar-refractivity contribution is 5.68. The lowest BCUT2D eigenvalue weighted by Crippen LogP contribution is -2.39. The topological polar surface area (TPSA) is 29.5 Å². The smallest absolute Gasteiger partial charge is 0.145 e. The van der Waals surface area contributed by atoms with Crippen molar-refractivity contribution in [1.29, 1.82) is 0 Å². The summed E-state index contributed by atoms with van der Waals surface area (Å²) < 4.78 is 0. The Bertz CT molecular complexity index is 338. The molecule has 0 spiro atoms. The minimum Gasteiger partial charge on any atom is -0.301 e. The Morgan fingerprint density at radius 2 is 2.29 bits per heavy atom. The minimum absolute atomic E-state index is 0.144. The summed E-state index contributed by atoms with van der Waals surface area (Å²) in [4.78, 5) is 16.0. The first-order valence-electron chi connectivity index (χ1n) is 4.73. The van der Waals surface area contributed by atoms with Gasteiger partial charge in [0.15, 0.2) is 0 Å². The molecular weight excluding hydrogens is 178 g/mol. The van der Waals surface area contributed by atoms with E-state index in [2.05, 4.69) is 6.07 Å². The predicted octanol–water partition coefficient (Wildman–Crippen LogP) is 1.57. The van der Waals surface area contributed by atoms with E-state index in [1.54, 1.807) is 12.2 Å². The van der Waals surface area contributed by atoms with Crippen molar-refractivity contribution in [1.82, 2.24) is 0 Å². The van der Waals surface area contributed by atoms with Gasteiger partial charge in [0.25, 0.3) is 0 Å². The van der Waals surface area contributed by atoms with Crippen molar-refractivity contribution in [3.05, 3.63) is 29.8 Å². The van der Waals surface area contributed by atoms with E-state index >= 15 is 0 Å². The zero-order valence-electron chi connectivity index (χ0n) is 8.14. The second-order valence-corrected chi connectivity index (χ2v) is 3.38. The summed E-state index contributed by atoms with van der Waals surface area (Å²) in [7, 11) is 1.60. The SMILES string of the molecule is CON1c2ccccc2CCC1C=O. The number of anilines is 1. The lowest BCUT2D eigenvalue weighted by molar-refractivity contribution is -0.110. The van der Waals surface area contributed by atoms with Gasteiger partial charge in [-0.05, 0) is 24.5 Å². The molecule has 3 nitrogen and oxygen atoms in total. The summed E-state index contributed by atoms with van der Waals surface area (Å²) in [5.41, 5.74) is 2.26. The first-order chi connectivity index (χ1) is 6.86. The molecule has 74 valence electrons. The largest absolute Gasteiger partial charge is 0.301 e. The summed E-state index contributed by atoms with van der Waals surface area (Å²) in [6.45, 7) is 0. The minimum atomic E-state index is -0.144. The highest BCUT2D eigenvalue weighted by Crippen LogP contribution is 2.29. The average Bonchev–Trinajstić information content (AvgIpc) is 2.27. The molecule has 0 fully saturated rings. The van der Waals surface area contributed by atoms with Gasteiger partial charge in [-0.2, -0.15) is 0 Å². The Kier molecular flexibility index (Phi) is 2.50. The predicted molar refractivity (Wildman–Crippen MR) is 54.1 cm³/mol. The Morgan fingerprint density at radius 1 is 1.50 bits per heavy atom. The van der Waals surface area contributed by atoms with Crippen LogP contribution in [0.25, 0.3) is 0 Å². The molecule has 0 bridgehead atoms. The summed E-state index contributed by atoms with van der Waals surface area (Å²) >= 11 is 0. The summed E-state index contributed by atoms with van der Waals surface area (Å²) in [6, 6.07) is 7.87. The second kappa shape index (κ2) is 3.80. The van der Waals surface area contributed by atoms with Gasteiger partial charge in [0.1, 0.15) is 12.3 Å². The number of para-hydroxylation sites is 1. The second-order valence-electron chi connectivity index (χ2n) is 3.38. The summed E-state index contributed by atoms with van der Waals surface area (Å²) in [5.74, 6) is 0. The number of aldehydes is 1. The molecule has 1 aliphatic heterocycles. The fourth-order valence-electron chi connectivity index (χ4n) is 1.89. The Labute approximate surface area is 83.2 Å². The molecule has 1 heterocycles. The maximum Gasteiger partial charge on any atom is 0.145 e. The molecule has 0 amide bonds. The van der Waals surface area contributed by atoms with Crippen LogP contribution in [0.5, 0.6) is 0 Å². The van der Waals surface area contributed by atoms with Crippen LogP contribution in [0.2, 0.25) is 0 Å². The van der Waals surface area contributed by atoms with E-state index in [0.29, 0.717) is 0 Å². The summed E-state index contributed by atoms with van der Waals surface area (Å²) in [6.07, 6.45) is 2.72. The molecule has 1 unspecified atom stereocenters. The highest BCUT2D eigenvalue weighted by Gasteiger charge is 2.25. The number of hydroxylamine groups is 1. The van der Waals surface area contributed by atoms with Crippen LogP contribution in [0.1, 0.15) is 12.0 Å². The van der Waals surface area contributed by atoms with Crippen molar-refractivity contribution in [2.45, 2.75) is 18.9 Å². The average molecular weight is 191 g/mol. The number of aryl methyl sites for hydroxylation is 1. The standard InChI is InChI=1S/C11H13NO2/c1-14-12-10(8-13)7-6-9-4-2-3-5-11(9)12/h2-5,8,10H,6-7H2,1H3. The van der Waals surface area contributed by atoms with E-state index in [1.807, 2.05) is 18.2 Å². The fraction of sp³-hybridized carbons (Fsp3) is 0.364. The Balaban J connectivity index is 2.39. The van der Waals surface area contributed by atoms with Gasteiger partial charge in [-0.3, -0.25) is 4.84 Å². The van der Waals surface area contributed by atoms with Crippen LogP contribution in [0.4, 0.5) is 5.69 Å². The number of hydrogen-bond donors (Lipinski definition) is 0. The van der Waals surface area contributed by atoms with Crippen molar-refractivity contribution < 1.29 is 9.63 Å². The van der Waals surface area contributed by atoms with Crippen LogP contribution in [-0.2, 0) is 16.1 Å². The molecule has 0 saturated carbocycles. The molecule has 14 heavy (non-hydrogen) atoms. The van der Waals surface area contributed by atoms with Gasteiger partial charge in [0.2, 0.25) is 0 Å². The van der Waals surface area contributed by atoms with Crippen LogP contribution in [0.15, 0.2) is 24.3 Å². The highest BCUT2D eigenvalue weighted by atomic mass is 16.7. The van der Waals surface area contributed by atoms with Crippen molar-refractivity contribution in [3.8, 4) is 0 Å². The van der Waals surface area contributed by atoms with E-state index in [4.69, 9.17) is 4.84 Å². The van der Waals surface area contributed by atoms with E-state index < -0.39 is 0 Å². The summed E-state index contributed by atoms with van der Waals surface area (Å²) in [5, 5.41) is 1.69. The van der Waals surface area contributed by atoms with Gasteiger partial charge in [-0.25, -0.2) is 5.06 Å². The number of rotatable bonds is 2. The molecule has 0 aromatic heterocycles. The van der Waals surface area contributed by atoms with Gasteiger partial charge in [-0.15, -0.1) is 0 Å². The van der Waals surface area contributed by atoms with Crippen LogP contribution >= 0.6 is 0 Å². The van der Waals surface area contributed by atoms with Crippen molar-refractivity contribution in [3.63, 3.8) is 0 Å². The molecule has 0 saturated heterocycles. The maximum absolute atomic E-state index is 10.8. The molecule has 0 aliphatic carbocycles. The third kappa shape index (κ3) is 1.40. The molecule has 1 atom stereocenters. The number of hydrogen-bond acceptors (Lipinski definition) is 3. The number of carbonyl (C=O) groups excluding carboxylic acids is 1. The first kappa shape index (κ1) is 9.21. The number of benzene rings is 1. The van der Waals surface area contributed by atoms with Crippen LogP contribution in [0.3, 0.4) is 0 Å². The molecule has 2 rings (SSSR count). The molecule has 1 aliphatic rings. The monoisotopic (exact) mass is 191 g/mol. The molecule has 3 heteroatoms. The Morgan fingerprint density at radius 3 is 3.00 bits per heavy atom. The molecule has 1 aromatic rings. The third-order valence-corrected chi connectivity index (χ3v) is 2.59. The van der Waals surface area contributed by atoms with Crippen molar-refractivity contribution >= 4 is 12.0 Å². The molecule has 1 aromatic carbocycles. The fourth-order valence-corrected chi connectivity index (χ4v) is 1.89. The van der Waals surface area contributed by atoms with Gasteiger partial charge in [-0.1, -0.05) is 18.2 Å². The normalized spacial score (nSPS) is 20.4. The van der Waals surface area contributed by atoms with Gasteiger partial charge >= 0.3 is 0 Å². The number of fused-ring (bicyclic) bond motifs is 1. The van der Waals surface area contributed by atoms with Crippen LogP contribution in [0, 0.1) is 0 Å². The van der Waals surface area contributed by atoms with Crippen molar-refractivity contribution in [2.75, 3.05) is 12.2 Å². The van der Waals surface area contributed by atoms with E-state index in [-0.39, 0.29) is 6.04 Å². The first-order valence-corrected chi connectivity index (χ1v) is 4.73. The lowest BCUT2D eigenvalue weighted by atomic mass is 9.98.